The van der Waals surface area contributed by atoms with Crippen LogP contribution in [-0.4, -0.2) is 23.4 Å². The lowest BCUT2D eigenvalue weighted by Crippen LogP contribution is -2.34. The second-order valence-corrected chi connectivity index (χ2v) is 5.31. The molecule has 1 rings (SSSR count). The molecule has 6 nitrogen and oxygen atoms in total. The van der Waals surface area contributed by atoms with Gasteiger partial charge in [-0.1, -0.05) is 0 Å². The zero-order valence-corrected chi connectivity index (χ0v) is 12.6. The number of amides is 1. The minimum Gasteiger partial charge on any atom is -0.375 e. The van der Waals surface area contributed by atoms with E-state index in [1.807, 2.05) is 13.8 Å². The molecule has 0 aliphatic heterocycles. The van der Waals surface area contributed by atoms with Gasteiger partial charge in [0.2, 0.25) is 5.91 Å². The number of anilines is 1. The molecule has 0 heterocycles. The van der Waals surface area contributed by atoms with Gasteiger partial charge in [0.15, 0.2) is 0 Å². The van der Waals surface area contributed by atoms with Crippen LogP contribution in [0.1, 0.15) is 19.4 Å². The number of halogens is 1. The van der Waals surface area contributed by atoms with E-state index in [1.165, 1.54) is 6.07 Å². The maximum atomic E-state index is 11.5. The van der Waals surface area contributed by atoms with Crippen molar-refractivity contribution in [2.24, 2.45) is 0 Å². The molecule has 0 saturated carbocycles. The third-order valence-electron chi connectivity index (χ3n) is 2.37. The molecule has 7 heteroatoms. The first-order chi connectivity index (χ1) is 8.81. The van der Waals surface area contributed by atoms with Crippen LogP contribution >= 0.6 is 15.9 Å². The molecule has 0 unspecified atom stereocenters. The van der Waals surface area contributed by atoms with Crippen molar-refractivity contribution in [1.82, 2.24) is 5.32 Å². The average molecular weight is 330 g/mol. The Labute approximate surface area is 119 Å². The second-order valence-electron chi connectivity index (χ2n) is 4.45. The molecule has 1 amide bonds. The Morgan fingerprint density at radius 2 is 2.11 bits per heavy atom. The zero-order chi connectivity index (χ0) is 14.6. The van der Waals surface area contributed by atoms with Crippen LogP contribution in [0, 0.1) is 17.0 Å². The van der Waals surface area contributed by atoms with Crippen molar-refractivity contribution in [1.29, 1.82) is 0 Å². The van der Waals surface area contributed by atoms with E-state index in [2.05, 4.69) is 26.6 Å². The Balaban J connectivity index is 2.77. The van der Waals surface area contributed by atoms with Gasteiger partial charge >= 0.3 is 0 Å². The Morgan fingerprint density at radius 3 is 2.63 bits per heavy atom. The number of benzene rings is 1. The van der Waals surface area contributed by atoms with Crippen molar-refractivity contribution < 1.29 is 9.72 Å². The number of nitrogens with zero attached hydrogens (tertiary/aromatic N) is 1. The normalized spacial score (nSPS) is 10.4. The van der Waals surface area contributed by atoms with Crippen molar-refractivity contribution >= 4 is 33.2 Å². The van der Waals surface area contributed by atoms with Gasteiger partial charge in [-0.15, -0.1) is 0 Å². The molecule has 0 spiro atoms. The molecule has 0 radical (unpaired) electrons. The molecule has 0 aromatic heterocycles. The average Bonchev–Trinajstić information content (AvgIpc) is 2.28. The van der Waals surface area contributed by atoms with Crippen molar-refractivity contribution in [2.45, 2.75) is 26.8 Å². The molecule has 1 aromatic rings. The number of rotatable bonds is 5. The highest BCUT2D eigenvalue weighted by Crippen LogP contribution is 2.30. The number of carbonyl (C=O) groups excluding carboxylic acids is 1. The highest BCUT2D eigenvalue weighted by Gasteiger charge is 2.14. The minimum atomic E-state index is -0.435. The molecule has 2 N–H and O–H groups in total. The number of aryl methyl sites for hydroxylation is 1. The summed E-state index contributed by atoms with van der Waals surface area (Å²) in [7, 11) is 0. The fraction of sp³-hybridized carbons (Fsp3) is 0.417. The monoisotopic (exact) mass is 329 g/mol. The summed E-state index contributed by atoms with van der Waals surface area (Å²) in [4.78, 5) is 21.8. The predicted octanol–water partition coefficient (Wildman–Crippen LogP) is 2.60. The molecule has 0 aliphatic rings. The van der Waals surface area contributed by atoms with Crippen LogP contribution in [0.15, 0.2) is 16.6 Å². The van der Waals surface area contributed by atoms with Crippen molar-refractivity contribution in [2.75, 3.05) is 11.9 Å². The Hall–Kier alpha value is -1.63. The van der Waals surface area contributed by atoms with Gasteiger partial charge in [-0.25, -0.2) is 0 Å². The summed E-state index contributed by atoms with van der Waals surface area (Å²) in [5, 5.41) is 16.5. The number of hydrogen-bond acceptors (Lipinski definition) is 4. The lowest BCUT2D eigenvalue weighted by molar-refractivity contribution is -0.385. The molecule has 19 heavy (non-hydrogen) atoms. The van der Waals surface area contributed by atoms with E-state index in [9.17, 15) is 14.9 Å². The molecular formula is C12H16BrN3O3. The van der Waals surface area contributed by atoms with Crippen LogP contribution in [0.4, 0.5) is 11.4 Å². The highest BCUT2D eigenvalue weighted by atomic mass is 79.9. The smallest absolute Gasteiger partial charge is 0.273 e. The third kappa shape index (κ3) is 4.51. The third-order valence-corrected chi connectivity index (χ3v) is 3.03. The van der Waals surface area contributed by atoms with Gasteiger partial charge in [-0.2, -0.15) is 0 Å². The standard InChI is InChI=1S/C12H16BrN3O3/c1-7(2)15-12(17)6-14-10-4-8(3)11(16(18)19)5-9(10)13/h4-5,7,14H,6H2,1-3H3,(H,15,17). The SMILES string of the molecule is Cc1cc(NCC(=O)NC(C)C)c(Br)cc1[N+](=O)[O-]. The van der Waals surface area contributed by atoms with Crippen LogP contribution in [0.2, 0.25) is 0 Å². The first-order valence-corrected chi connectivity index (χ1v) is 6.58. The van der Waals surface area contributed by atoms with Crippen molar-refractivity contribution in [3.05, 3.63) is 32.3 Å². The van der Waals surface area contributed by atoms with E-state index < -0.39 is 4.92 Å². The quantitative estimate of drug-likeness (QED) is 0.642. The molecule has 0 atom stereocenters. The van der Waals surface area contributed by atoms with E-state index in [-0.39, 0.29) is 24.2 Å². The second kappa shape index (κ2) is 6.51. The fourth-order valence-corrected chi connectivity index (χ4v) is 2.02. The Bertz CT molecular complexity index is 503. The number of nitrogens with one attached hydrogen (secondary N) is 2. The topological polar surface area (TPSA) is 84.3 Å². The number of nitro benzene ring substituents is 1. The molecule has 104 valence electrons. The summed E-state index contributed by atoms with van der Waals surface area (Å²) in [6.45, 7) is 5.53. The predicted molar refractivity (Wildman–Crippen MR) is 77.3 cm³/mol. The summed E-state index contributed by atoms with van der Waals surface area (Å²) in [5.41, 5.74) is 1.24. The molecule has 0 fully saturated rings. The van der Waals surface area contributed by atoms with Crippen LogP contribution in [0.5, 0.6) is 0 Å². The summed E-state index contributed by atoms with van der Waals surface area (Å²) >= 11 is 3.25. The summed E-state index contributed by atoms with van der Waals surface area (Å²) in [6, 6.07) is 3.15. The van der Waals surface area contributed by atoms with Gasteiger partial charge < -0.3 is 10.6 Å². The number of nitro groups is 1. The van der Waals surface area contributed by atoms with Gasteiger partial charge in [0.1, 0.15) is 0 Å². The van der Waals surface area contributed by atoms with Gasteiger partial charge in [0.25, 0.3) is 5.69 Å². The maximum absolute atomic E-state index is 11.5. The molecule has 0 bridgehead atoms. The molecular weight excluding hydrogens is 314 g/mol. The van der Waals surface area contributed by atoms with E-state index >= 15 is 0 Å². The minimum absolute atomic E-state index is 0.0454. The van der Waals surface area contributed by atoms with Crippen LogP contribution in [-0.2, 0) is 4.79 Å². The maximum Gasteiger partial charge on any atom is 0.273 e. The van der Waals surface area contributed by atoms with Gasteiger partial charge in [-0.3, -0.25) is 14.9 Å². The first-order valence-electron chi connectivity index (χ1n) is 5.79. The van der Waals surface area contributed by atoms with Gasteiger partial charge in [0.05, 0.1) is 11.5 Å². The van der Waals surface area contributed by atoms with Crippen LogP contribution < -0.4 is 10.6 Å². The van der Waals surface area contributed by atoms with E-state index in [0.717, 1.165) is 0 Å². The van der Waals surface area contributed by atoms with Crippen molar-refractivity contribution in [3.8, 4) is 0 Å². The fourth-order valence-electron chi connectivity index (χ4n) is 1.55. The lowest BCUT2D eigenvalue weighted by Gasteiger charge is -2.12. The zero-order valence-electron chi connectivity index (χ0n) is 11.0. The largest absolute Gasteiger partial charge is 0.375 e. The van der Waals surface area contributed by atoms with Crippen molar-refractivity contribution in [3.63, 3.8) is 0 Å². The van der Waals surface area contributed by atoms with E-state index in [0.29, 0.717) is 15.7 Å². The highest BCUT2D eigenvalue weighted by molar-refractivity contribution is 9.10. The summed E-state index contributed by atoms with van der Waals surface area (Å²) < 4.78 is 0.558. The molecule has 1 aromatic carbocycles. The molecule has 0 aliphatic carbocycles. The number of carbonyl (C=O) groups is 1. The molecule has 0 saturated heterocycles. The number of hydrogen-bond donors (Lipinski definition) is 2. The Kier molecular flexibility index (Phi) is 5.29. The first kappa shape index (κ1) is 15.4. The van der Waals surface area contributed by atoms with Crippen LogP contribution in [0.3, 0.4) is 0 Å². The van der Waals surface area contributed by atoms with Gasteiger partial charge in [-0.05, 0) is 42.8 Å². The summed E-state index contributed by atoms with van der Waals surface area (Å²) in [5.74, 6) is -0.127. The summed E-state index contributed by atoms with van der Waals surface area (Å²) in [6.07, 6.45) is 0. The van der Waals surface area contributed by atoms with Crippen LogP contribution in [0.25, 0.3) is 0 Å². The Morgan fingerprint density at radius 1 is 1.47 bits per heavy atom. The van der Waals surface area contributed by atoms with E-state index in [4.69, 9.17) is 0 Å². The van der Waals surface area contributed by atoms with E-state index in [1.54, 1.807) is 13.0 Å². The van der Waals surface area contributed by atoms with Gasteiger partial charge in [0, 0.05) is 27.8 Å². The lowest BCUT2D eigenvalue weighted by atomic mass is 10.2.